The maximum Gasteiger partial charge on any atom is 0.181 e. The second-order valence-corrected chi connectivity index (χ2v) is 5.98. The molecule has 1 aromatic carbocycles. The molecule has 0 bridgehead atoms. The van der Waals surface area contributed by atoms with E-state index in [1.165, 1.54) is 31.7 Å². The number of benzene rings is 1. The van der Waals surface area contributed by atoms with Gasteiger partial charge in [0.1, 0.15) is 11.6 Å². The lowest BCUT2D eigenvalue weighted by molar-refractivity contribution is 0.335. The van der Waals surface area contributed by atoms with Gasteiger partial charge in [-0.2, -0.15) is 5.10 Å². The fourth-order valence-corrected chi connectivity index (χ4v) is 3.05. The lowest BCUT2D eigenvalue weighted by Crippen LogP contribution is -2.12. The standard InChI is InChI=1S/C16H20FN3/c1-10-4-3-5-12(8-10)15-18-16(20-19-15)13-6-7-14(17)11(2)9-13/h6-7,9-10,12H,3-5,8H2,1-2H3,(H,18,19,20)/t10-,12+/m0/s1. The monoisotopic (exact) mass is 273 g/mol. The number of rotatable bonds is 2. The normalized spacial score (nSPS) is 22.9. The van der Waals surface area contributed by atoms with Crippen molar-refractivity contribution in [2.75, 3.05) is 0 Å². The molecule has 1 heterocycles. The smallest absolute Gasteiger partial charge is 0.181 e. The van der Waals surface area contributed by atoms with Gasteiger partial charge >= 0.3 is 0 Å². The molecule has 1 saturated carbocycles. The fraction of sp³-hybridized carbons (Fsp3) is 0.500. The van der Waals surface area contributed by atoms with Crippen molar-refractivity contribution in [3.8, 4) is 11.4 Å². The summed E-state index contributed by atoms with van der Waals surface area (Å²) in [5, 5.41) is 7.37. The highest BCUT2D eigenvalue weighted by Gasteiger charge is 2.23. The Morgan fingerprint density at radius 1 is 1.30 bits per heavy atom. The Morgan fingerprint density at radius 2 is 2.15 bits per heavy atom. The van der Waals surface area contributed by atoms with Gasteiger partial charge in [0, 0.05) is 11.5 Å². The highest BCUT2D eigenvalue weighted by molar-refractivity contribution is 5.55. The number of halogens is 1. The molecule has 1 aromatic heterocycles. The van der Waals surface area contributed by atoms with Gasteiger partial charge in [0.25, 0.3) is 0 Å². The second-order valence-electron chi connectivity index (χ2n) is 5.98. The predicted molar refractivity (Wildman–Crippen MR) is 76.9 cm³/mol. The SMILES string of the molecule is Cc1cc(-c2n[nH]c([C@@H]3CCC[C@H](C)C3)n2)ccc1F. The average molecular weight is 273 g/mol. The van der Waals surface area contributed by atoms with Gasteiger partial charge in [0.05, 0.1) is 0 Å². The Hall–Kier alpha value is -1.71. The summed E-state index contributed by atoms with van der Waals surface area (Å²) in [6, 6.07) is 5.01. The zero-order chi connectivity index (χ0) is 14.1. The summed E-state index contributed by atoms with van der Waals surface area (Å²) in [5.41, 5.74) is 1.50. The van der Waals surface area contributed by atoms with E-state index in [4.69, 9.17) is 0 Å². The Balaban J connectivity index is 1.84. The van der Waals surface area contributed by atoms with E-state index in [2.05, 4.69) is 22.1 Å². The first kappa shape index (κ1) is 13.3. The van der Waals surface area contributed by atoms with E-state index in [0.29, 0.717) is 17.3 Å². The average Bonchev–Trinajstić information content (AvgIpc) is 2.92. The first-order valence-electron chi connectivity index (χ1n) is 7.32. The first-order chi connectivity index (χ1) is 9.63. The Kier molecular flexibility index (Phi) is 3.55. The molecule has 0 unspecified atom stereocenters. The lowest BCUT2D eigenvalue weighted by atomic mass is 9.82. The molecule has 1 fully saturated rings. The highest BCUT2D eigenvalue weighted by Crippen LogP contribution is 2.34. The topological polar surface area (TPSA) is 41.6 Å². The number of aromatic nitrogens is 3. The maximum absolute atomic E-state index is 13.3. The number of hydrogen-bond acceptors (Lipinski definition) is 2. The van der Waals surface area contributed by atoms with Gasteiger partial charge in [0.2, 0.25) is 0 Å². The van der Waals surface area contributed by atoms with Crippen LogP contribution < -0.4 is 0 Å². The first-order valence-corrected chi connectivity index (χ1v) is 7.32. The van der Waals surface area contributed by atoms with E-state index in [1.54, 1.807) is 19.1 Å². The van der Waals surface area contributed by atoms with E-state index < -0.39 is 0 Å². The molecule has 1 N–H and O–H groups in total. The lowest BCUT2D eigenvalue weighted by Gasteiger charge is -2.24. The van der Waals surface area contributed by atoms with Gasteiger partial charge in [0.15, 0.2) is 5.82 Å². The summed E-state index contributed by atoms with van der Waals surface area (Å²) >= 11 is 0. The minimum atomic E-state index is -0.189. The molecular formula is C16H20FN3. The summed E-state index contributed by atoms with van der Waals surface area (Å²) < 4.78 is 13.3. The van der Waals surface area contributed by atoms with E-state index >= 15 is 0 Å². The molecular weight excluding hydrogens is 253 g/mol. The van der Waals surface area contributed by atoms with Crippen molar-refractivity contribution >= 4 is 0 Å². The van der Waals surface area contributed by atoms with Crippen LogP contribution in [0.1, 0.15) is 49.9 Å². The summed E-state index contributed by atoms with van der Waals surface area (Å²) in [6.45, 7) is 4.06. The fourth-order valence-electron chi connectivity index (χ4n) is 3.05. The van der Waals surface area contributed by atoms with Gasteiger partial charge in [-0.05, 0) is 49.4 Å². The van der Waals surface area contributed by atoms with Crippen molar-refractivity contribution in [1.29, 1.82) is 0 Å². The highest BCUT2D eigenvalue weighted by atomic mass is 19.1. The Bertz CT molecular complexity index is 606. The van der Waals surface area contributed by atoms with Crippen LogP contribution in [0.3, 0.4) is 0 Å². The van der Waals surface area contributed by atoms with Crippen LogP contribution in [-0.4, -0.2) is 15.2 Å². The molecule has 2 atom stereocenters. The number of aryl methyl sites for hydroxylation is 1. The number of nitrogens with one attached hydrogen (secondary N) is 1. The van der Waals surface area contributed by atoms with Crippen LogP contribution in [0, 0.1) is 18.7 Å². The van der Waals surface area contributed by atoms with Crippen LogP contribution >= 0.6 is 0 Å². The molecule has 1 aliphatic carbocycles. The molecule has 0 aliphatic heterocycles. The van der Waals surface area contributed by atoms with Gasteiger partial charge in [-0.25, -0.2) is 9.37 Å². The maximum atomic E-state index is 13.3. The molecule has 0 amide bonds. The Morgan fingerprint density at radius 3 is 2.90 bits per heavy atom. The molecule has 0 radical (unpaired) electrons. The molecule has 20 heavy (non-hydrogen) atoms. The second kappa shape index (κ2) is 5.35. The number of hydrogen-bond donors (Lipinski definition) is 1. The molecule has 0 spiro atoms. The van der Waals surface area contributed by atoms with Crippen molar-refractivity contribution in [3.05, 3.63) is 35.4 Å². The zero-order valence-electron chi connectivity index (χ0n) is 12.0. The minimum absolute atomic E-state index is 0.189. The molecule has 0 saturated heterocycles. The van der Waals surface area contributed by atoms with Gasteiger partial charge in [-0.3, -0.25) is 5.10 Å². The third-order valence-electron chi connectivity index (χ3n) is 4.24. The molecule has 1 aliphatic rings. The summed E-state index contributed by atoms with van der Waals surface area (Å²) in [4.78, 5) is 4.62. The van der Waals surface area contributed by atoms with Crippen LogP contribution in [0.2, 0.25) is 0 Å². The van der Waals surface area contributed by atoms with Gasteiger partial charge in [-0.15, -0.1) is 0 Å². The number of nitrogens with zero attached hydrogens (tertiary/aromatic N) is 2. The van der Waals surface area contributed by atoms with Crippen molar-refractivity contribution < 1.29 is 4.39 Å². The van der Waals surface area contributed by atoms with E-state index in [0.717, 1.165) is 17.3 Å². The van der Waals surface area contributed by atoms with Gasteiger partial charge < -0.3 is 0 Å². The molecule has 2 aromatic rings. The van der Waals surface area contributed by atoms with Crippen LogP contribution in [0.15, 0.2) is 18.2 Å². The zero-order valence-corrected chi connectivity index (χ0v) is 12.0. The Labute approximate surface area is 118 Å². The van der Waals surface area contributed by atoms with Crippen LogP contribution in [0.4, 0.5) is 4.39 Å². The van der Waals surface area contributed by atoms with E-state index in [1.807, 2.05) is 0 Å². The van der Waals surface area contributed by atoms with E-state index in [9.17, 15) is 4.39 Å². The third kappa shape index (κ3) is 2.60. The van der Waals surface area contributed by atoms with Crippen molar-refractivity contribution in [2.45, 2.75) is 45.4 Å². The van der Waals surface area contributed by atoms with Crippen molar-refractivity contribution in [1.82, 2.24) is 15.2 Å². The molecule has 106 valence electrons. The van der Waals surface area contributed by atoms with Crippen LogP contribution in [0.5, 0.6) is 0 Å². The molecule has 3 rings (SSSR count). The molecule has 4 heteroatoms. The summed E-state index contributed by atoms with van der Waals surface area (Å²) in [5.74, 6) is 2.71. The number of aromatic amines is 1. The number of H-pyrrole nitrogens is 1. The third-order valence-corrected chi connectivity index (χ3v) is 4.24. The van der Waals surface area contributed by atoms with Crippen LogP contribution in [0.25, 0.3) is 11.4 Å². The molecule has 3 nitrogen and oxygen atoms in total. The summed E-state index contributed by atoms with van der Waals surface area (Å²) in [7, 11) is 0. The minimum Gasteiger partial charge on any atom is -0.262 e. The summed E-state index contributed by atoms with van der Waals surface area (Å²) in [6.07, 6.45) is 4.94. The largest absolute Gasteiger partial charge is 0.262 e. The van der Waals surface area contributed by atoms with Crippen LogP contribution in [-0.2, 0) is 0 Å². The van der Waals surface area contributed by atoms with E-state index in [-0.39, 0.29) is 5.82 Å². The van der Waals surface area contributed by atoms with Gasteiger partial charge in [-0.1, -0.05) is 19.8 Å². The van der Waals surface area contributed by atoms with Crippen molar-refractivity contribution in [3.63, 3.8) is 0 Å². The predicted octanol–water partition coefficient (Wildman–Crippen LogP) is 4.21. The van der Waals surface area contributed by atoms with Crippen molar-refractivity contribution in [2.24, 2.45) is 5.92 Å². The quantitative estimate of drug-likeness (QED) is 0.890.